The Morgan fingerprint density at radius 3 is 2.12 bits per heavy atom. The summed E-state index contributed by atoms with van der Waals surface area (Å²) in [5.41, 5.74) is 2.83. The molecule has 2 aromatic rings. The number of hydrogen-bond acceptors (Lipinski definition) is 2. The zero-order valence-corrected chi connectivity index (χ0v) is 9.72. The molecule has 0 aliphatic rings. The summed E-state index contributed by atoms with van der Waals surface area (Å²) in [6.45, 7) is 2.20. The van der Waals surface area contributed by atoms with Crippen molar-refractivity contribution >= 4 is 5.97 Å². The zero-order valence-electron chi connectivity index (χ0n) is 9.72. The van der Waals surface area contributed by atoms with E-state index in [2.05, 4.69) is 0 Å². The molecule has 0 N–H and O–H groups in total. The van der Waals surface area contributed by atoms with Crippen LogP contribution in [0.4, 0.5) is 0 Å². The number of ether oxygens (including phenoxy) is 1. The predicted molar refractivity (Wildman–Crippen MR) is 67.8 cm³/mol. The summed E-state index contributed by atoms with van der Waals surface area (Å²) in [5, 5.41) is 0. The Bertz CT molecular complexity index is 486. The molecule has 2 nitrogen and oxygen atoms in total. The molecule has 0 amide bonds. The zero-order chi connectivity index (χ0) is 12.1. The van der Waals surface area contributed by atoms with E-state index < -0.39 is 0 Å². The highest BCUT2D eigenvalue weighted by Crippen LogP contribution is 2.19. The maximum absolute atomic E-state index is 11.5. The molecule has 0 spiro atoms. The van der Waals surface area contributed by atoms with Crippen molar-refractivity contribution in [1.82, 2.24) is 0 Å². The standard InChI is InChI=1S/C15H14O2/c1-2-17-15(16)14-10-8-13(9-11-14)12-6-4-3-5-7-12/h3-11H,2H2,1H3. The van der Waals surface area contributed by atoms with Crippen LogP contribution in [0.1, 0.15) is 17.3 Å². The van der Waals surface area contributed by atoms with Crippen LogP contribution in [0.3, 0.4) is 0 Å². The maximum atomic E-state index is 11.5. The van der Waals surface area contributed by atoms with Crippen LogP contribution in [-0.2, 0) is 4.74 Å². The molecule has 0 saturated heterocycles. The smallest absolute Gasteiger partial charge is 0.338 e. The fourth-order valence-corrected chi connectivity index (χ4v) is 1.64. The normalized spacial score (nSPS) is 9.94. The van der Waals surface area contributed by atoms with Gasteiger partial charge in [0.2, 0.25) is 0 Å². The quantitative estimate of drug-likeness (QED) is 0.748. The van der Waals surface area contributed by atoms with Crippen LogP contribution < -0.4 is 0 Å². The third-order valence-corrected chi connectivity index (χ3v) is 2.50. The van der Waals surface area contributed by atoms with Gasteiger partial charge in [-0.25, -0.2) is 4.79 Å². The summed E-state index contributed by atoms with van der Waals surface area (Å²) in [6.07, 6.45) is 0. The molecular formula is C15H14O2. The average Bonchev–Trinajstić information content (AvgIpc) is 2.40. The Morgan fingerprint density at radius 2 is 1.53 bits per heavy atom. The molecule has 0 atom stereocenters. The highest BCUT2D eigenvalue weighted by Gasteiger charge is 2.05. The van der Waals surface area contributed by atoms with Gasteiger partial charge in [0, 0.05) is 0 Å². The van der Waals surface area contributed by atoms with E-state index in [0.29, 0.717) is 12.2 Å². The molecule has 0 unspecified atom stereocenters. The minimum absolute atomic E-state index is 0.271. The number of carbonyl (C=O) groups excluding carboxylic acids is 1. The van der Waals surface area contributed by atoms with Crippen molar-refractivity contribution in [3.8, 4) is 11.1 Å². The van der Waals surface area contributed by atoms with Gasteiger partial charge < -0.3 is 4.74 Å². The summed E-state index contributed by atoms with van der Waals surface area (Å²) in [5.74, 6) is -0.271. The first-order valence-corrected chi connectivity index (χ1v) is 5.64. The Kier molecular flexibility index (Phi) is 3.55. The lowest BCUT2D eigenvalue weighted by molar-refractivity contribution is 0.0526. The van der Waals surface area contributed by atoms with Gasteiger partial charge in [-0.05, 0) is 30.2 Å². The number of carbonyl (C=O) groups is 1. The molecule has 0 aliphatic carbocycles. The van der Waals surface area contributed by atoms with Crippen molar-refractivity contribution in [2.75, 3.05) is 6.61 Å². The van der Waals surface area contributed by atoms with Crippen LogP contribution in [0.25, 0.3) is 11.1 Å². The minimum Gasteiger partial charge on any atom is -0.462 e. The molecule has 0 radical (unpaired) electrons. The van der Waals surface area contributed by atoms with Gasteiger partial charge >= 0.3 is 5.97 Å². The van der Waals surface area contributed by atoms with Crippen LogP contribution >= 0.6 is 0 Å². The fourth-order valence-electron chi connectivity index (χ4n) is 1.64. The second-order valence-corrected chi connectivity index (χ2v) is 3.66. The Hall–Kier alpha value is -2.09. The average molecular weight is 226 g/mol. The summed E-state index contributed by atoms with van der Waals surface area (Å²) in [7, 11) is 0. The van der Waals surface area contributed by atoms with E-state index in [0.717, 1.165) is 11.1 Å². The first-order valence-electron chi connectivity index (χ1n) is 5.64. The van der Waals surface area contributed by atoms with Crippen molar-refractivity contribution in [2.24, 2.45) is 0 Å². The predicted octanol–water partition coefficient (Wildman–Crippen LogP) is 3.53. The minimum atomic E-state index is -0.271. The molecule has 0 fully saturated rings. The van der Waals surface area contributed by atoms with Gasteiger partial charge in [0.1, 0.15) is 0 Å². The van der Waals surface area contributed by atoms with Gasteiger partial charge in [-0.2, -0.15) is 0 Å². The summed E-state index contributed by atoms with van der Waals surface area (Å²) < 4.78 is 4.93. The highest BCUT2D eigenvalue weighted by molar-refractivity contribution is 5.90. The first-order chi connectivity index (χ1) is 8.31. The summed E-state index contributed by atoms with van der Waals surface area (Å²) in [4.78, 5) is 11.5. The van der Waals surface area contributed by atoms with E-state index in [1.54, 1.807) is 19.1 Å². The monoisotopic (exact) mass is 226 g/mol. The highest BCUT2D eigenvalue weighted by atomic mass is 16.5. The van der Waals surface area contributed by atoms with Crippen LogP contribution in [0.15, 0.2) is 54.6 Å². The molecular weight excluding hydrogens is 212 g/mol. The summed E-state index contributed by atoms with van der Waals surface area (Å²) >= 11 is 0. The number of esters is 1. The second-order valence-electron chi connectivity index (χ2n) is 3.66. The molecule has 2 aromatic carbocycles. The van der Waals surface area contributed by atoms with Crippen molar-refractivity contribution < 1.29 is 9.53 Å². The van der Waals surface area contributed by atoms with Crippen molar-refractivity contribution in [3.63, 3.8) is 0 Å². The lowest BCUT2D eigenvalue weighted by Gasteiger charge is -2.04. The largest absolute Gasteiger partial charge is 0.462 e. The molecule has 2 rings (SSSR count). The number of hydrogen-bond donors (Lipinski definition) is 0. The Morgan fingerprint density at radius 1 is 0.941 bits per heavy atom. The van der Waals surface area contributed by atoms with Gasteiger partial charge in [-0.3, -0.25) is 0 Å². The van der Waals surface area contributed by atoms with Crippen LogP contribution in [0, 0.1) is 0 Å². The van der Waals surface area contributed by atoms with E-state index in [1.165, 1.54) is 0 Å². The molecule has 0 heterocycles. The van der Waals surface area contributed by atoms with Crippen molar-refractivity contribution in [2.45, 2.75) is 6.92 Å². The lowest BCUT2D eigenvalue weighted by atomic mass is 10.0. The van der Waals surface area contributed by atoms with Gasteiger partial charge in [-0.15, -0.1) is 0 Å². The van der Waals surface area contributed by atoms with E-state index in [4.69, 9.17) is 4.74 Å². The molecule has 0 saturated carbocycles. The molecule has 0 aliphatic heterocycles. The van der Waals surface area contributed by atoms with Gasteiger partial charge in [0.05, 0.1) is 12.2 Å². The third-order valence-electron chi connectivity index (χ3n) is 2.50. The number of benzene rings is 2. The Balaban J connectivity index is 2.22. The SMILES string of the molecule is CCOC(=O)c1ccc(-c2ccccc2)cc1. The van der Waals surface area contributed by atoms with Crippen molar-refractivity contribution in [1.29, 1.82) is 0 Å². The van der Waals surface area contributed by atoms with Crippen molar-refractivity contribution in [3.05, 3.63) is 60.2 Å². The second kappa shape index (κ2) is 5.30. The summed E-state index contributed by atoms with van der Waals surface area (Å²) in [6, 6.07) is 17.5. The third kappa shape index (κ3) is 2.72. The molecule has 0 aromatic heterocycles. The number of rotatable bonds is 3. The molecule has 17 heavy (non-hydrogen) atoms. The van der Waals surface area contributed by atoms with E-state index in [9.17, 15) is 4.79 Å². The van der Waals surface area contributed by atoms with E-state index >= 15 is 0 Å². The molecule has 2 heteroatoms. The first kappa shape index (κ1) is 11.4. The van der Waals surface area contributed by atoms with Crippen LogP contribution in [0.5, 0.6) is 0 Å². The topological polar surface area (TPSA) is 26.3 Å². The molecule has 86 valence electrons. The Labute approximate surface area is 101 Å². The maximum Gasteiger partial charge on any atom is 0.338 e. The van der Waals surface area contributed by atoms with Gasteiger partial charge in [-0.1, -0.05) is 42.5 Å². The van der Waals surface area contributed by atoms with Gasteiger partial charge in [0.25, 0.3) is 0 Å². The fraction of sp³-hybridized carbons (Fsp3) is 0.133. The van der Waals surface area contributed by atoms with E-state index in [-0.39, 0.29) is 5.97 Å². The van der Waals surface area contributed by atoms with Crippen LogP contribution in [0.2, 0.25) is 0 Å². The van der Waals surface area contributed by atoms with Crippen LogP contribution in [-0.4, -0.2) is 12.6 Å². The molecule has 0 bridgehead atoms. The lowest BCUT2D eigenvalue weighted by Crippen LogP contribution is -2.03. The van der Waals surface area contributed by atoms with Gasteiger partial charge in [0.15, 0.2) is 0 Å². The van der Waals surface area contributed by atoms with E-state index in [1.807, 2.05) is 42.5 Å².